The van der Waals surface area contributed by atoms with Gasteiger partial charge in [0.1, 0.15) is 19.0 Å². The van der Waals surface area contributed by atoms with Crippen LogP contribution in [0.4, 0.5) is 0 Å². The van der Waals surface area contributed by atoms with Crippen molar-refractivity contribution in [1.29, 1.82) is 0 Å². The number of hydrogen-bond donors (Lipinski definition) is 0. The molecule has 0 radical (unpaired) electrons. The van der Waals surface area contributed by atoms with Crippen molar-refractivity contribution in [3.8, 4) is 5.75 Å². The molecule has 1 heterocycles. The summed E-state index contributed by atoms with van der Waals surface area (Å²) in [6.07, 6.45) is 3.44. The first-order valence-corrected chi connectivity index (χ1v) is 11.0. The molecule has 0 unspecified atom stereocenters. The second-order valence-electron chi connectivity index (χ2n) is 8.31. The van der Waals surface area contributed by atoms with Crippen molar-refractivity contribution in [3.63, 3.8) is 0 Å². The lowest BCUT2D eigenvalue weighted by atomic mass is 9.92. The summed E-state index contributed by atoms with van der Waals surface area (Å²) in [4.78, 5) is 14.7. The van der Waals surface area contributed by atoms with E-state index in [1.54, 1.807) is 0 Å². The van der Waals surface area contributed by atoms with Crippen LogP contribution in [0.1, 0.15) is 34.2 Å². The van der Waals surface area contributed by atoms with Gasteiger partial charge >= 0.3 is 5.97 Å². The smallest absolute Gasteiger partial charge is 0.310 e. The van der Waals surface area contributed by atoms with Gasteiger partial charge in [0.2, 0.25) is 0 Å². The number of carbonyl (C=O) groups excluding carboxylic acids is 1. The summed E-state index contributed by atoms with van der Waals surface area (Å²) in [5, 5.41) is 0. The van der Waals surface area contributed by atoms with Crippen LogP contribution in [0.2, 0.25) is 0 Å². The van der Waals surface area contributed by atoms with E-state index >= 15 is 0 Å². The van der Waals surface area contributed by atoms with Crippen molar-refractivity contribution in [1.82, 2.24) is 4.90 Å². The van der Waals surface area contributed by atoms with Gasteiger partial charge in [0.05, 0.1) is 6.42 Å². The van der Waals surface area contributed by atoms with E-state index in [4.69, 9.17) is 9.47 Å². The van der Waals surface area contributed by atoms with Gasteiger partial charge in [0, 0.05) is 12.1 Å². The van der Waals surface area contributed by atoms with Crippen molar-refractivity contribution in [2.45, 2.75) is 26.1 Å². The molecule has 0 bridgehead atoms. The Bertz CT molecular complexity index is 1100. The molecule has 0 saturated carbocycles. The van der Waals surface area contributed by atoms with E-state index in [-0.39, 0.29) is 19.0 Å². The lowest BCUT2D eigenvalue weighted by Crippen LogP contribution is -2.12. The number of ether oxygens (including phenoxy) is 2. The van der Waals surface area contributed by atoms with Crippen molar-refractivity contribution < 1.29 is 14.3 Å². The third-order valence-corrected chi connectivity index (χ3v) is 5.54. The van der Waals surface area contributed by atoms with Crippen LogP contribution in [-0.2, 0) is 29.2 Å². The average Bonchev–Trinajstić information content (AvgIpc) is 2.95. The van der Waals surface area contributed by atoms with Gasteiger partial charge in [0.15, 0.2) is 0 Å². The number of esters is 1. The summed E-state index contributed by atoms with van der Waals surface area (Å²) in [5.41, 5.74) is 6.45. The predicted molar refractivity (Wildman–Crippen MR) is 127 cm³/mol. The maximum absolute atomic E-state index is 12.5. The molecule has 3 aromatic carbocycles. The summed E-state index contributed by atoms with van der Waals surface area (Å²) in [6, 6.07) is 24.1. The molecular formula is C28H29NO3. The van der Waals surface area contributed by atoms with Crippen LogP contribution in [0.25, 0.3) is 5.57 Å². The highest BCUT2D eigenvalue weighted by atomic mass is 16.5. The number of hydrogen-bond acceptors (Lipinski definition) is 4. The van der Waals surface area contributed by atoms with Gasteiger partial charge in [-0.25, -0.2) is 0 Å². The van der Waals surface area contributed by atoms with Crippen LogP contribution >= 0.6 is 0 Å². The number of rotatable bonds is 7. The number of benzene rings is 3. The van der Waals surface area contributed by atoms with Crippen LogP contribution < -0.4 is 4.74 Å². The lowest BCUT2D eigenvalue weighted by Gasteiger charge is -2.14. The molecular weight excluding hydrogens is 398 g/mol. The second kappa shape index (κ2) is 10.3. The number of fused-ring (bicyclic) bond motifs is 2. The minimum absolute atomic E-state index is 0.229. The summed E-state index contributed by atoms with van der Waals surface area (Å²) in [7, 11) is 4.16. The maximum Gasteiger partial charge on any atom is 0.310 e. The highest BCUT2D eigenvalue weighted by molar-refractivity contribution is 5.85. The Labute approximate surface area is 190 Å². The van der Waals surface area contributed by atoms with Crippen LogP contribution in [0.5, 0.6) is 5.75 Å². The largest absolute Gasteiger partial charge is 0.488 e. The zero-order valence-electron chi connectivity index (χ0n) is 18.7. The topological polar surface area (TPSA) is 38.8 Å². The summed E-state index contributed by atoms with van der Waals surface area (Å²) in [5.74, 6) is 0.612. The van der Waals surface area contributed by atoms with E-state index in [1.165, 1.54) is 11.1 Å². The van der Waals surface area contributed by atoms with Gasteiger partial charge in [-0.1, -0.05) is 66.7 Å². The molecule has 32 heavy (non-hydrogen) atoms. The molecule has 164 valence electrons. The summed E-state index contributed by atoms with van der Waals surface area (Å²) in [6.45, 7) is 1.79. The normalized spacial score (nSPS) is 13.8. The van der Waals surface area contributed by atoms with Gasteiger partial charge in [-0.05, 0) is 60.5 Å². The van der Waals surface area contributed by atoms with Crippen LogP contribution in [0.3, 0.4) is 0 Å². The fourth-order valence-corrected chi connectivity index (χ4v) is 3.88. The molecule has 0 N–H and O–H groups in total. The fourth-order valence-electron chi connectivity index (χ4n) is 3.88. The van der Waals surface area contributed by atoms with Crippen LogP contribution in [-0.4, -0.2) is 31.5 Å². The first-order chi connectivity index (χ1) is 15.6. The van der Waals surface area contributed by atoms with E-state index in [0.717, 1.165) is 41.0 Å². The molecule has 0 spiro atoms. The van der Waals surface area contributed by atoms with Crippen molar-refractivity contribution in [2.75, 3.05) is 20.6 Å². The molecule has 4 rings (SSSR count). The Kier molecular flexibility index (Phi) is 7.03. The molecule has 4 heteroatoms. The molecule has 1 aliphatic heterocycles. The Morgan fingerprint density at radius 2 is 1.75 bits per heavy atom. The van der Waals surface area contributed by atoms with Crippen molar-refractivity contribution in [3.05, 3.63) is 107 Å². The highest BCUT2D eigenvalue weighted by Crippen LogP contribution is 2.37. The van der Waals surface area contributed by atoms with Crippen LogP contribution in [0.15, 0.2) is 78.9 Å². The van der Waals surface area contributed by atoms with E-state index in [9.17, 15) is 4.79 Å². The monoisotopic (exact) mass is 427 g/mol. The Morgan fingerprint density at radius 3 is 2.56 bits per heavy atom. The zero-order chi connectivity index (χ0) is 22.3. The molecule has 3 aromatic rings. The number of carbonyl (C=O) groups is 1. The van der Waals surface area contributed by atoms with Crippen LogP contribution in [0, 0.1) is 0 Å². The molecule has 0 aromatic heterocycles. The van der Waals surface area contributed by atoms with Gasteiger partial charge in [-0.3, -0.25) is 4.79 Å². The molecule has 0 fully saturated rings. The molecule has 4 nitrogen and oxygen atoms in total. The van der Waals surface area contributed by atoms with E-state index < -0.39 is 0 Å². The first kappa shape index (κ1) is 21.8. The first-order valence-electron chi connectivity index (χ1n) is 11.0. The molecule has 0 saturated heterocycles. The quantitative estimate of drug-likeness (QED) is 0.483. The number of nitrogens with zero attached hydrogens (tertiary/aromatic N) is 1. The van der Waals surface area contributed by atoms with E-state index in [2.05, 4.69) is 49.3 Å². The van der Waals surface area contributed by atoms with E-state index in [1.807, 2.05) is 48.5 Å². The maximum atomic E-state index is 12.5. The Balaban J connectivity index is 1.57. The summed E-state index contributed by atoms with van der Waals surface area (Å²) >= 11 is 0. The minimum atomic E-state index is -0.234. The zero-order valence-corrected chi connectivity index (χ0v) is 18.7. The average molecular weight is 428 g/mol. The van der Waals surface area contributed by atoms with E-state index in [0.29, 0.717) is 6.61 Å². The fraction of sp³-hybridized carbons (Fsp3) is 0.250. The minimum Gasteiger partial charge on any atom is -0.488 e. The van der Waals surface area contributed by atoms with Crippen molar-refractivity contribution >= 4 is 11.5 Å². The highest BCUT2D eigenvalue weighted by Gasteiger charge is 2.20. The lowest BCUT2D eigenvalue weighted by molar-refractivity contribution is -0.144. The summed E-state index contributed by atoms with van der Waals surface area (Å²) < 4.78 is 11.6. The van der Waals surface area contributed by atoms with Gasteiger partial charge in [-0.2, -0.15) is 0 Å². The Morgan fingerprint density at radius 1 is 0.969 bits per heavy atom. The Hall–Kier alpha value is -3.37. The molecule has 0 amide bonds. The second-order valence-corrected chi connectivity index (χ2v) is 8.31. The van der Waals surface area contributed by atoms with Gasteiger partial charge < -0.3 is 14.4 Å². The van der Waals surface area contributed by atoms with Gasteiger partial charge in [0.25, 0.3) is 0 Å². The molecule has 0 atom stereocenters. The molecule has 0 aliphatic carbocycles. The van der Waals surface area contributed by atoms with Gasteiger partial charge in [-0.15, -0.1) is 0 Å². The predicted octanol–water partition coefficient (Wildman–Crippen LogP) is 5.25. The SMILES string of the molecule is CN(C)CCC=C1c2ccccc2COc2ccc(CC(=O)OCc3ccccc3)cc21. The third-order valence-electron chi connectivity index (χ3n) is 5.54. The third kappa shape index (κ3) is 5.45. The molecule has 1 aliphatic rings. The standard InChI is InChI=1S/C28H29NO3/c1-29(2)16-8-13-25-24-12-7-6-11-23(24)20-31-27-15-14-22(17-26(25)27)18-28(30)32-19-21-9-4-3-5-10-21/h3-7,9-15,17H,8,16,18-20H2,1-2H3. The van der Waals surface area contributed by atoms with Crippen molar-refractivity contribution in [2.24, 2.45) is 0 Å².